The van der Waals surface area contributed by atoms with Gasteiger partial charge in [-0.25, -0.2) is 0 Å². The molecule has 0 spiro atoms. The van der Waals surface area contributed by atoms with Crippen LogP contribution < -0.4 is 10.1 Å². The molecule has 3 rings (SSSR count). The van der Waals surface area contributed by atoms with Gasteiger partial charge >= 0.3 is 0 Å². The number of likely N-dealkylation sites (tertiary alicyclic amines) is 1. The van der Waals surface area contributed by atoms with Crippen LogP contribution in [-0.2, 0) is 14.4 Å². The van der Waals surface area contributed by atoms with E-state index in [9.17, 15) is 14.4 Å². The molecular formula is C15H15ClN2O4. The molecule has 2 aliphatic rings. The van der Waals surface area contributed by atoms with Crippen molar-refractivity contribution in [2.24, 2.45) is 0 Å². The van der Waals surface area contributed by atoms with Crippen molar-refractivity contribution in [2.45, 2.75) is 25.4 Å². The molecule has 1 atom stereocenters. The summed E-state index contributed by atoms with van der Waals surface area (Å²) in [7, 11) is 0. The summed E-state index contributed by atoms with van der Waals surface area (Å²) in [5, 5.41) is 3.12. The van der Waals surface area contributed by atoms with Gasteiger partial charge < -0.3 is 15.0 Å². The van der Waals surface area contributed by atoms with Crippen molar-refractivity contribution in [2.75, 3.05) is 18.4 Å². The van der Waals surface area contributed by atoms with Crippen LogP contribution in [0.5, 0.6) is 5.75 Å². The van der Waals surface area contributed by atoms with Crippen molar-refractivity contribution in [1.29, 1.82) is 0 Å². The number of halogens is 1. The topological polar surface area (TPSA) is 75.7 Å². The Balaban J connectivity index is 1.86. The van der Waals surface area contributed by atoms with E-state index in [-0.39, 0.29) is 5.78 Å². The maximum atomic E-state index is 12.7. The van der Waals surface area contributed by atoms with Gasteiger partial charge in [-0.1, -0.05) is 11.6 Å². The lowest BCUT2D eigenvalue weighted by Gasteiger charge is -2.38. The second kappa shape index (κ2) is 5.28. The molecule has 1 unspecified atom stereocenters. The van der Waals surface area contributed by atoms with Gasteiger partial charge in [0.1, 0.15) is 11.5 Å². The normalized spacial score (nSPS) is 24.4. The fourth-order valence-corrected chi connectivity index (χ4v) is 2.77. The first-order chi connectivity index (χ1) is 10.4. The molecule has 2 amide bonds. The zero-order chi connectivity index (χ0) is 15.9. The number of hydrogen-bond donors (Lipinski definition) is 1. The van der Waals surface area contributed by atoms with Gasteiger partial charge in [0.25, 0.3) is 17.4 Å². The predicted octanol–water partition coefficient (Wildman–Crippen LogP) is 1.62. The first kappa shape index (κ1) is 14.8. The number of ether oxygens (including phenoxy) is 1. The summed E-state index contributed by atoms with van der Waals surface area (Å²) in [6.45, 7) is 2.08. The van der Waals surface area contributed by atoms with Crippen LogP contribution in [0.15, 0.2) is 18.2 Å². The average molecular weight is 323 g/mol. The Kier molecular flexibility index (Phi) is 3.56. The van der Waals surface area contributed by atoms with Crippen LogP contribution in [0.1, 0.15) is 19.8 Å². The summed E-state index contributed by atoms with van der Waals surface area (Å²) in [5.41, 5.74) is -1.20. The number of benzene rings is 1. The fraction of sp³-hybridized carbons (Fsp3) is 0.400. The predicted molar refractivity (Wildman–Crippen MR) is 79.9 cm³/mol. The largest absolute Gasteiger partial charge is 0.466 e. The minimum absolute atomic E-state index is 0.128. The smallest absolute Gasteiger partial charge is 0.278 e. The lowest BCUT2D eigenvalue weighted by molar-refractivity contribution is -0.155. The molecular weight excluding hydrogens is 308 g/mol. The quantitative estimate of drug-likeness (QED) is 0.797. The number of carbonyl (C=O) groups excluding carboxylic acids is 3. The number of ketones is 1. The van der Waals surface area contributed by atoms with Gasteiger partial charge in [-0.05, 0) is 25.1 Å². The Hall–Kier alpha value is -2.08. The molecule has 1 fully saturated rings. The van der Waals surface area contributed by atoms with Crippen LogP contribution in [0, 0.1) is 0 Å². The first-order valence-electron chi connectivity index (χ1n) is 7.01. The summed E-state index contributed by atoms with van der Waals surface area (Å²) < 4.78 is 5.68. The van der Waals surface area contributed by atoms with Crippen LogP contribution in [0.3, 0.4) is 0 Å². The lowest BCUT2D eigenvalue weighted by atomic mass is 9.99. The fourth-order valence-electron chi connectivity index (χ4n) is 2.60. The van der Waals surface area contributed by atoms with Crippen molar-refractivity contribution < 1.29 is 19.1 Å². The molecule has 1 aromatic rings. The highest BCUT2D eigenvalue weighted by Crippen LogP contribution is 2.36. The number of rotatable bonds is 1. The van der Waals surface area contributed by atoms with Crippen LogP contribution in [0.25, 0.3) is 0 Å². The van der Waals surface area contributed by atoms with E-state index in [1.54, 1.807) is 18.2 Å². The Morgan fingerprint density at radius 1 is 1.32 bits per heavy atom. The number of Topliss-reactive ketones (excluding diaryl/α,β-unsaturated/α-hetero) is 1. The molecule has 1 saturated heterocycles. The van der Waals surface area contributed by atoms with Crippen molar-refractivity contribution >= 4 is 34.9 Å². The third-order valence-corrected chi connectivity index (χ3v) is 4.19. The van der Waals surface area contributed by atoms with E-state index in [4.69, 9.17) is 16.3 Å². The van der Waals surface area contributed by atoms with Crippen LogP contribution in [-0.4, -0.2) is 41.2 Å². The second-order valence-corrected chi connectivity index (χ2v) is 6.00. The molecule has 2 aliphatic heterocycles. The summed E-state index contributed by atoms with van der Waals surface area (Å²) in [6.07, 6.45) is 0.630. The van der Waals surface area contributed by atoms with Gasteiger partial charge in [0.2, 0.25) is 0 Å². The molecule has 0 radical (unpaired) electrons. The molecule has 6 nitrogen and oxygen atoms in total. The number of piperidine rings is 1. The number of amides is 2. The van der Waals surface area contributed by atoms with Crippen LogP contribution >= 0.6 is 11.6 Å². The number of fused-ring (bicyclic) bond motifs is 1. The standard InChI is InChI=1S/C15H15ClN2O4/c1-15(14(21)18-6-4-10(19)5-7-18)13(20)17-11-8-9(16)2-3-12(11)22-15/h2-3,8H,4-7H2,1H3,(H,17,20). The highest BCUT2D eigenvalue weighted by molar-refractivity contribution is 6.31. The molecule has 1 aromatic carbocycles. The third-order valence-electron chi connectivity index (χ3n) is 3.95. The number of hydrogen-bond acceptors (Lipinski definition) is 4. The Morgan fingerprint density at radius 2 is 2.00 bits per heavy atom. The lowest BCUT2D eigenvalue weighted by Crippen LogP contribution is -2.60. The molecule has 0 bridgehead atoms. The molecule has 0 saturated carbocycles. The van der Waals surface area contributed by atoms with Gasteiger partial charge in [0.05, 0.1) is 5.69 Å². The first-order valence-corrected chi connectivity index (χ1v) is 7.39. The molecule has 0 aromatic heterocycles. The zero-order valence-electron chi connectivity index (χ0n) is 12.0. The van der Waals surface area contributed by atoms with E-state index in [0.717, 1.165) is 0 Å². The summed E-state index contributed by atoms with van der Waals surface area (Å²) in [5.74, 6) is -0.446. The molecule has 1 N–H and O–H groups in total. The molecule has 2 heterocycles. The SMILES string of the molecule is CC1(C(=O)N2CCC(=O)CC2)Oc2ccc(Cl)cc2NC1=O. The van der Waals surface area contributed by atoms with Crippen molar-refractivity contribution in [3.05, 3.63) is 23.2 Å². The van der Waals surface area contributed by atoms with Crippen molar-refractivity contribution in [3.63, 3.8) is 0 Å². The van der Waals surface area contributed by atoms with Gasteiger partial charge in [-0.2, -0.15) is 0 Å². The van der Waals surface area contributed by atoms with E-state index in [1.807, 2.05) is 0 Å². The summed E-state index contributed by atoms with van der Waals surface area (Å²) in [6, 6.07) is 4.81. The number of anilines is 1. The van der Waals surface area contributed by atoms with Gasteiger partial charge in [0, 0.05) is 31.0 Å². The zero-order valence-corrected chi connectivity index (χ0v) is 12.8. The highest BCUT2D eigenvalue weighted by Gasteiger charge is 2.49. The maximum absolute atomic E-state index is 12.7. The Morgan fingerprint density at radius 3 is 2.68 bits per heavy atom. The Bertz CT molecular complexity index is 666. The highest BCUT2D eigenvalue weighted by atomic mass is 35.5. The maximum Gasteiger partial charge on any atom is 0.278 e. The van der Waals surface area contributed by atoms with E-state index >= 15 is 0 Å². The van der Waals surface area contributed by atoms with Gasteiger partial charge in [0.15, 0.2) is 0 Å². The summed E-state index contributed by atoms with van der Waals surface area (Å²) in [4.78, 5) is 37.8. The summed E-state index contributed by atoms with van der Waals surface area (Å²) >= 11 is 5.88. The van der Waals surface area contributed by atoms with Crippen LogP contribution in [0.4, 0.5) is 5.69 Å². The average Bonchev–Trinajstić information content (AvgIpc) is 2.49. The Labute approximate surface area is 132 Å². The molecule has 22 heavy (non-hydrogen) atoms. The van der Waals surface area contributed by atoms with Crippen LogP contribution in [0.2, 0.25) is 5.02 Å². The number of nitrogens with one attached hydrogen (secondary N) is 1. The molecule has 7 heteroatoms. The number of nitrogens with zero attached hydrogens (tertiary/aromatic N) is 1. The van der Waals surface area contributed by atoms with E-state index in [2.05, 4.69) is 5.32 Å². The molecule has 116 valence electrons. The van der Waals surface area contributed by atoms with Crippen molar-refractivity contribution in [3.8, 4) is 5.75 Å². The van der Waals surface area contributed by atoms with E-state index < -0.39 is 17.4 Å². The minimum Gasteiger partial charge on any atom is -0.466 e. The van der Waals surface area contributed by atoms with Crippen molar-refractivity contribution in [1.82, 2.24) is 4.90 Å². The number of carbonyl (C=O) groups is 3. The second-order valence-electron chi connectivity index (χ2n) is 5.56. The van der Waals surface area contributed by atoms with Gasteiger partial charge in [-0.3, -0.25) is 14.4 Å². The van der Waals surface area contributed by atoms with E-state index in [1.165, 1.54) is 11.8 Å². The minimum atomic E-state index is -1.64. The third kappa shape index (κ3) is 2.43. The van der Waals surface area contributed by atoms with Gasteiger partial charge in [-0.15, -0.1) is 0 Å². The van der Waals surface area contributed by atoms with E-state index in [0.29, 0.717) is 42.4 Å². The monoisotopic (exact) mass is 322 g/mol. The molecule has 0 aliphatic carbocycles.